The van der Waals surface area contributed by atoms with E-state index >= 15 is 0 Å². The first-order valence-electron chi connectivity index (χ1n) is 18.2. The quantitative estimate of drug-likeness (QED) is 0.0374. The lowest BCUT2D eigenvalue weighted by Gasteiger charge is -2.05. The van der Waals surface area contributed by atoms with Gasteiger partial charge >= 0.3 is 11.4 Å². The highest BCUT2D eigenvalue weighted by Gasteiger charge is 2.16. The molecule has 354 valence electrons. The summed E-state index contributed by atoms with van der Waals surface area (Å²) in [5, 5.41) is 50.4. The molecule has 28 heteroatoms. The maximum atomic E-state index is 13.0. The molecule has 0 saturated heterocycles. The van der Waals surface area contributed by atoms with Crippen LogP contribution in [0.1, 0.15) is 6.92 Å². The molecule has 68 heavy (non-hydrogen) atoms. The maximum absolute atomic E-state index is 13.0. The summed E-state index contributed by atoms with van der Waals surface area (Å²) in [6, 6.07) is 15.6. The standard InChI is InChI=1S/C10H6FN3OS.C9H6FN3O2S.C9H8FN3S.C6H3F2NO2.C3H4N2S.C2H3N.CH4O/c11-6-1-2-8-7(5-6)13-9(15)14(8)10-12-3-4-16-10;10-6-1-2-7(8(5-6)13(14)15)12-9-11-3-4-16-9;10-6-1-2-8(7(11)5-6)13-9-12-3-4-14-9;7-4-1-2-5(8)6(3-4)9(10)11;4-3-5-1-2-6-3;1-2-3;1-2/h1-5H,(H,13,15);1-5H,(H,11,12);1-5H,11H2,(H,12,13);1-3H;1-2H,(H2,4,5);1H3;2H,1H3. The minimum atomic E-state index is -1.03. The molecule has 0 fully saturated rings. The summed E-state index contributed by atoms with van der Waals surface area (Å²) in [5.74, 6) is -3.21. The third-order valence-electron chi connectivity index (χ3n) is 7.33. The highest BCUT2D eigenvalue weighted by molar-refractivity contribution is 7.14. The second kappa shape index (κ2) is 28.0. The zero-order chi connectivity index (χ0) is 50.2. The average Bonchev–Trinajstić information content (AvgIpc) is 4.18. The van der Waals surface area contributed by atoms with Crippen LogP contribution >= 0.6 is 45.3 Å². The summed E-state index contributed by atoms with van der Waals surface area (Å²) >= 11 is 5.56. The van der Waals surface area contributed by atoms with Gasteiger partial charge in [0, 0.05) is 60.3 Å². The highest BCUT2D eigenvalue weighted by Crippen LogP contribution is 2.29. The number of nitrogens with zero attached hydrogens (tertiary/aromatic N) is 8. The molecule has 0 bridgehead atoms. The van der Waals surface area contributed by atoms with E-state index in [1.165, 1.54) is 87.2 Å². The number of hydrogen-bond acceptors (Lipinski definition) is 19. The number of nitriles is 1. The van der Waals surface area contributed by atoms with Crippen LogP contribution in [-0.4, -0.2) is 51.5 Å². The number of aromatic amines is 1. The van der Waals surface area contributed by atoms with Gasteiger partial charge in [-0.1, -0.05) is 0 Å². The first-order valence-corrected chi connectivity index (χ1v) is 21.7. The Balaban J connectivity index is 0.000000225. The molecule has 0 spiro atoms. The van der Waals surface area contributed by atoms with Crippen molar-refractivity contribution in [3.8, 4) is 11.2 Å². The minimum absolute atomic E-state index is 0.223. The van der Waals surface area contributed by atoms with Crippen LogP contribution in [-0.2, 0) is 0 Å². The predicted molar refractivity (Wildman–Crippen MR) is 253 cm³/mol. The van der Waals surface area contributed by atoms with Gasteiger partial charge in [0.25, 0.3) is 5.69 Å². The number of nitrogen functional groups attached to an aromatic ring is 2. The number of hydrogen-bond donors (Lipinski definition) is 6. The van der Waals surface area contributed by atoms with E-state index < -0.39 is 33.0 Å². The summed E-state index contributed by atoms with van der Waals surface area (Å²) in [7, 11) is 1.00. The number of nitrogens with one attached hydrogen (secondary N) is 3. The van der Waals surface area contributed by atoms with E-state index in [-0.39, 0.29) is 28.7 Å². The number of nitro benzene ring substituents is 2. The molecular weight excluding hydrogens is 982 g/mol. The largest absolute Gasteiger partial charge is 0.400 e. The van der Waals surface area contributed by atoms with Crippen molar-refractivity contribution in [3.63, 3.8) is 0 Å². The monoisotopic (exact) mass is 1020 g/mol. The Labute approximate surface area is 396 Å². The molecule has 0 amide bonds. The van der Waals surface area contributed by atoms with Gasteiger partial charge < -0.3 is 32.2 Å². The number of anilines is 6. The molecule has 0 atom stereocenters. The fourth-order valence-electron chi connectivity index (χ4n) is 4.67. The molecule has 0 aliphatic rings. The number of nitrogens with two attached hydrogens (primary N) is 2. The zero-order valence-corrected chi connectivity index (χ0v) is 38.1. The number of thiazole rings is 4. The minimum Gasteiger partial charge on any atom is -0.400 e. The molecule has 4 aromatic carbocycles. The first-order chi connectivity index (χ1) is 32.6. The Morgan fingerprint density at radius 1 is 0.676 bits per heavy atom. The normalized spacial score (nSPS) is 9.57. The molecule has 0 saturated carbocycles. The lowest BCUT2D eigenvalue weighted by atomic mass is 10.2. The van der Waals surface area contributed by atoms with Crippen LogP contribution < -0.4 is 27.8 Å². The Kier molecular flexibility index (Phi) is 22.2. The van der Waals surface area contributed by atoms with Crippen LogP contribution in [0.2, 0.25) is 0 Å². The number of aliphatic hydroxyl groups excluding tert-OH is 1. The molecule has 0 aliphatic carbocycles. The van der Waals surface area contributed by atoms with Gasteiger partial charge in [-0.3, -0.25) is 20.2 Å². The van der Waals surface area contributed by atoms with Gasteiger partial charge in [0.05, 0.1) is 50.5 Å². The van der Waals surface area contributed by atoms with Gasteiger partial charge in [-0.15, -0.1) is 45.3 Å². The van der Waals surface area contributed by atoms with E-state index in [4.69, 9.17) is 21.8 Å². The summed E-state index contributed by atoms with van der Waals surface area (Å²) in [6.07, 6.45) is 6.56. The topological polar surface area (TPSA) is 296 Å². The molecule has 9 rings (SSSR count). The van der Waals surface area contributed by atoms with Crippen molar-refractivity contribution in [2.75, 3.05) is 29.2 Å². The van der Waals surface area contributed by atoms with Crippen molar-refractivity contribution in [3.05, 3.63) is 179 Å². The maximum Gasteiger partial charge on any atom is 0.332 e. The molecule has 8 N–H and O–H groups in total. The van der Waals surface area contributed by atoms with Gasteiger partial charge in [-0.2, -0.15) is 9.65 Å². The number of H-pyrrole nitrogens is 1. The van der Waals surface area contributed by atoms with E-state index in [1.54, 1.807) is 53.7 Å². The number of imidazole rings is 1. The smallest absolute Gasteiger partial charge is 0.332 e. The summed E-state index contributed by atoms with van der Waals surface area (Å²) in [5.41, 5.74) is 11.7. The second-order valence-corrected chi connectivity index (χ2v) is 15.4. The number of aromatic nitrogens is 6. The van der Waals surface area contributed by atoms with Crippen LogP contribution in [0.4, 0.5) is 65.8 Å². The van der Waals surface area contributed by atoms with Gasteiger partial charge in [-0.05, 0) is 60.7 Å². The number of benzene rings is 4. The van der Waals surface area contributed by atoms with Crippen LogP contribution in [0.25, 0.3) is 16.2 Å². The van der Waals surface area contributed by atoms with Crippen LogP contribution in [0.5, 0.6) is 0 Å². The number of aliphatic hydroxyl groups is 1. The van der Waals surface area contributed by atoms with Crippen molar-refractivity contribution in [2.45, 2.75) is 6.92 Å². The molecule has 0 radical (unpaired) electrons. The van der Waals surface area contributed by atoms with E-state index in [0.717, 1.165) is 30.4 Å². The summed E-state index contributed by atoms with van der Waals surface area (Å²) < 4.78 is 64.6. The van der Waals surface area contributed by atoms with E-state index in [2.05, 4.69) is 35.6 Å². The van der Waals surface area contributed by atoms with Crippen LogP contribution in [0.15, 0.2) is 124 Å². The van der Waals surface area contributed by atoms with E-state index in [0.29, 0.717) is 49.9 Å². The lowest BCUT2D eigenvalue weighted by Crippen LogP contribution is -2.14. The zero-order valence-electron chi connectivity index (χ0n) is 34.8. The molecule has 19 nitrogen and oxygen atoms in total. The molecule has 0 aliphatic heterocycles. The van der Waals surface area contributed by atoms with E-state index in [1.807, 2.05) is 10.8 Å². The van der Waals surface area contributed by atoms with Crippen molar-refractivity contribution in [1.29, 1.82) is 5.26 Å². The van der Waals surface area contributed by atoms with Crippen molar-refractivity contribution in [1.82, 2.24) is 29.5 Å². The highest BCUT2D eigenvalue weighted by atomic mass is 32.1. The Hall–Kier alpha value is -8.23. The third-order valence-corrected chi connectivity index (χ3v) is 10.1. The summed E-state index contributed by atoms with van der Waals surface area (Å²) in [4.78, 5) is 49.1. The molecule has 9 aromatic rings. The number of nitro groups is 2. The first kappa shape index (κ1) is 54.1. The number of fused-ring (bicyclic) bond motifs is 1. The predicted octanol–water partition coefficient (Wildman–Crippen LogP) is 10.2. The number of rotatable bonds is 7. The van der Waals surface area contributed by atoms with Crippen molar-refractivity contribution in [2.24, 2.45) is 0 Å². The van der Waals surface area contributed by atoms with Gasteiger partial charge in [0.2, 0.25) is 5.82 Å². The average molecular weight is 1020 g/mol. The van der Waals surface area contributed by atoms with E-state index in [9.17, 15) is 47.0 Å². The fraction of sp³-hybridized carbons (Fsp3) is 0.0500. The molecule has 0 unspecified atom stereocenters. The Morgan fingerprint density at radius 3 is 1.62 bits per heavy atom. The Morgan fingerprint density at radius 2 is 1.15 bits per heavy atom. The van der Waals surface area contributed by atoms with Gasteiger partial charge in [0.1, 0.15) is 29.0 Å². The molecule has 5 heterocycles. The Bertz CT molecular complexity index is 3050. The summed E-state index contributed by atoms with van der Waals surface area (Å²) in [6.45, 7) is 1.43. The lowest BCUT2D eigenvalue weighted by molar-refractivity contribution is -0.387. The third kappa shape index (κ3) is 17.3. The van der Waals surface area contributed by atoms with Gasteiger partial charge in [0.15, 0.2) is 20.5 Å². The van der Waals surface area contributed by atoms with Crippen molar-refractivity contribution < 1.29 is 36.9 Å². The second-order valence-electron chi connectivity index (χ2n) is 11.8. The van der Waals surface area contributed by atoms with Gasteiger partial charge in [-0.25, -0.2) is 46.9 Å². The van der Waals surface area contributed by atoms with Crippen LogP contribution in [0.3, 0.4) is 0 Å². The SMILES string of the molecule is CC#N.CO.Nc1cc(F)ccc1Nc1nccs1.Nc1nccs1.O=[N+]([O-])c1cc(F)ccc1F.O=[N+]([O-])c1cc(F)ccc1Nc1nccs1.O=c1[nH]c2cc(F)ccc2n1-c1nccs1. The number of halogens is 5. The molecule has 5 aromatic heterocycles. The fourth-order valence-corrected chi connectivity index (χ4v) is 6.79. The van der Waals surface area contributed by atoms with Crippen molar-refractivity contribution >= 4 is 100 Å². The molecular formula is C40H34F5N13O6S4. The van der Waals surface area contributed by atoms with Crippen LogP contribution in [0, 0.1) is 60.6 Å².